The van der Waals surface area contributed by atoms with Gasteiger partial charge >= 0.3 is 0 Å². The van der Waals surface area contributed by atoms with Crippen LogP contribution in [-0.4, -0.2) is 48.1 Å². The molecule has 0 aromatic heterocycles. The average molecular weight is 284 g/mol. The first kappa shape index (κ1) is 17.3. The van der Waals surface area contributed by atoms with Crippen LogP contribution in [-0.2, 0) is 0 Å². The highest BCUT2D eigenvalue weighted by molar-refractivity contribution is 5.05. The van der Waals surface area contributed by atoms with Crippen LogP contribution in [0.25, 0.3) is 4.85 Å². The van der Waals surface area contributed by atoms with Crippen LogP contribution in [0.1, 0.15) is 40.5 Å². The van der Waals surface area contributed by atoms with E-state index in [1.807, 2.05) is 27.7 Å². The van der Waals surface area contributed by atoms with Crippen molar-refractivity contribution in [3.05, 3.63) is 11.4 Å². The highest BCUT2D eigenvalue weighted by Gasteiger charge is 2.60. The van der Waals surface area contributed by atoms with Gasteiger partial charge in [0.1, 0.15) is 11.1 Å². The molecule has 6 N–H and O–H groups in total. The van der Waals surface area contributed by atoms with E-state index in [4.69, 9.17) is 12.3 Å². The van der Waals surface area contributed by atoms with Gasteiger partial charge in [0, 0.05) is 26.2 Å². The minimum Gasteiger partial charge on any atom is -0.329 e. The Hall–Kier alpha value is -0.710. The summed E-state index contributed by atoms with van der Waals surface area (Å²) >= 11 is 0. The molecular formula is C14H30N5O+. The third-order valence-corrected chi connectivity index (χ3v) is 4.04. The van der Waals surface area contributed by atoms with Crippen LogP contribution in [0, 0.1) is 6.57 Å². The molecule has 0 aromatic carbocycles. The topological polar surface area (TPSA) is 79.1 Å². The fourth-order valence-electron chi connectivity index (χ4n) is 3.46. The van der Waals surface area contributed by atoms with Gasteiger partial charge in [0.2, 0.25) is 0 Å². The molecule has 0 bridgehead atoms. The number of hydrogen-bond donors (Lipinski definition) is 5. The van der Waals surface area contributed by atoms with Gasteiger partial charge in [-0.25, -0.2) is 17.1 Å². The lowest BCUT2D eigenvalue weighted by molar-refractivity contribution is -1.16. The predicted octanol–water partition coefficient (Wildman–Crippen LogP) is -0.635. The van der Waals surface area contributed by atoms with E-state index in [1.54, 1.807) is 0 Å². The van der Waals surface area contributed by atoms with Crippen LogP contribution in [0.5, 0.6) is 0 Å². The fraction of sp³-hybridized carbons (Fsp3) is 0.929. The second-order valence-corrected chi connectivity index (χ2v) is 7.08. The number of piperidine rings is 1. The monoisotopic (exact) mass is 284 g/mol. The molecule has 0 radical (unpaired) electrons. The third-order valence-electron chi connectivity index (χ3n) is 4.04. The van der Waals surface area contributed by atoms with Gasteiger partial charge in [-0.3, -0.25) is 4.85 Å². The minimum atomic E-state index is -0.594. The van der Waals surface area contributed by atoms with Gasteiger partial charge in [-0.2, -0.15) is 5.06 Å². The van der Waals surface area contributed by atoms with Crippen LogP contribution in [0.15, 0.2) is 0 Å². The molecule has 1 heterocycles. The van der Waals surface area contributed by atoms with E-state index in [0.29, 0.717) is 24.4 Å². The van der Waals surface area contributed by atoms with Gasteiger partial charge in [0.15, 0.2) is 0 Å². The number of nitrogens with one attached hydrogen (secondary N) is 3. The van der Waals surface area contributed by atoms with E-state index in [9.17, 15) is 5.21 Å². The number of nitrogens with zero attached hydrogens (tertiary/aromatic N) is 1. The molecule has 0 unspecified atom stereocenters. The highest BCUT2D eigenvalue weighted by atomic mass is 16.5. The molecule has 0 spiro atoms. The maximum Gasteiger partial charge on any atom is 0.298 e. The van der Waals surface area contributed by atoms with Crippen molar-refractivity contribution in [2.24, 2.45) is 5.73 Å². The van der Waals surface area contributed by atoms with Crippen molar-refractivity contribution in [1.29, 1.82) is 0 Å². The summed E-state index contributed by atoms with van der Waals surface area (Å²) in [6, 6.07) is 0. The molecule has 0 aromatic rings. The zero-order valence-corrected chi connectivity index (χ0v) is 13.2. The van der Waals surface area contributed by atoms with Crippen LogP contribution in [0.3, 0.4) is 0 Å². The van der Waals surface area contributed by atoms with Gasteiger partial charge in [-0.15, -0.1) is 0 Å². The zero-order valence-electron chi connectivity index (χ0n) is 13.2. The molecule has 1 fully saturated rings. The average Bonchev–Trinajstić information content (AvgIpc) is 2.35. The largest absolute Gasteiger partial charge is 0.329 e. The van der Waals surface area contributed by atoms with E-state index in [-0.39, 0.29) is 11.1 Å². The number of hydroxylamine groups is 2. The number of rotatable bonds is 6. The van der Waals surface area contributed by atoms with E-state index in [2.05, 4.69) is 15.5 Å². The van der Waals surface area contributed by atoms with Crippen molar-refractivity contribution >= 4 is 0 Å². The molecule has 116 valence electrons. The Balaban J connectivity index is 2.71. The molecule has 1 saturated heterocycles. The first-order chi connectivity index (χ1) is 9.19. The summed E-state index contributed by atoms with van der Waals surface area (Å²) in [5.74, 6) is 0. The van der Waals surface area contributed by atoms with E-state index < -0.39 is 5.66 Å². The summed E-state index contributed by atoms with van der Waals surface area (Å²) in [5, 5.41) is 17.5. The molecular weight excluding hydrogens is 254 g/mol. The highest BCUT2D eigenvalue weighted by Crippen LogP contribution is 2.33. The van der Waals surface area contributed by atoms with E-state index in [0.717, 1.165) is 19.6 Å². The quantitative estimate of drug-likeness (QED) is 0.332. The molecule has 1 aliphatic rings. The molecule has 1 aliphatic heterocycles. The van der Waals surface area contributed by atoms with Gasteiger partial charge in [-0.05, 0) is 27.7 Å². The minimum absolute atomic E-state index is 0.343. The standard InChI is InChI=1S/C14H29N5O/c1-12(2)10-14(16-5,11-13(3,4)19(12)20)18-9-8-17-7-6-15/h17-18,20H,6-11,15H2,1-4H3/p+1. The Morgan fingerprint density at radius 2 is 1.70 bits per heavy atom. The Labute approximate surface area is 122 Å². The van der Waals surface area contributed by atoms with E-state index >= 15 is 0 Å². The molecule has 1 rings (SSSR count). The van der Waals surface area contributed by atoms with Crippen LogP contribution < -0.4 is 21.4 Å². The lowest BCUT2D eigenvalue weighted by atomic mass is 9.75. The molecule has 0 atom stereocenters. The van der Waals surface area contributed by atoms with Crippen LogP contribution in [0.4, 0.5) is 0 Å². The first-order valence-corrected chi connectivity index (χ1v) is 7.30. The fourth-order valence-corrected chi connectivity index (χ4v) is 3.46. The van der Waals surface area contributed by atoms with Gasteiger partial charge in [-0.1, -0.05) is 0 Å². The predicted molar refractivity (Wildman–Crippen MR) is 79.4 cm³/mol. The van der Waals surface area contributed by atoms with Crippen molar-refractivity contribution in [3.8, 4) is 0 Å². The summed E-state index contributed by atoms with van der Waals surface area (Å²) in [6.45, 7) is 18.6. The summed E-state index contributed by atoms with van der Waals surface area (Å²) < 4.78 is 0. The second-order valence-electron chi connectivity index (χ2n) is 7.08. The number of quaternary nitrogens is 1. The molecule has 20 heavy (non-hydrogen) atoms. The molecule has 0 amide bonds. The van der Waals surface area contributed by atoms with Crippen molar-refractivity contribution in [1.82, 2.24) is 10.6 Å². The summed E-state index contributed by atoms with van der Waals surface area (Å²) in [7, 11) is 0. The van der Waals surface area contributed by atoms with Crippen molar-refractivity contribution < 1.29 is 10.3 Å². The SMILES string of the molecule is [C-]#[N+]C1(NCCNCCN)CC(C)(C)[NH+](O)C(C)(C)C1. The zero-order chi connectivity index (χ0) is 15.4. The van der Waals surface area contributed by atoms with Gasteiger partial charge < -0.3 is 11.1 Å². The Morgan fingerprint density at radius 1 is 1.15 bits per heavy atom. The maximum absolute atomic E-state index is 10.4. The summed E-state index contributed by atoms with van der Waals surface area (Å²) in [5.41, 5.74) is 4.15. The molecule has 6 heteroatoms. The van der Waals surface area contributed by atoms with Gasteiger partial charge in [0.25, 0.3) is 5.66 Å². The summed E-state index contributed by atoms with van der Waals surface area (Å²) in [4.78, 5) is 3.88. The van der Waals surface area contributed by atoms with Crippen LogP contribution >= 0.6 is 0 Å². The first-order valence-electron chi connectivity index (χ1n) is 7.30. The second kappa shape index (κ2) is 6.37. The van der Waals surface area contributed by atoms with Gasteiger partial charge in [0.05, 0.1) is 12.8 Å². The molecule has 0 aliphatic carbocycles. The Bertz CT molecular complexity index is 343. The summed E-state index contributed by atoms with van der Waals surface area (Å²) in [6.07, 6.45) is 1.27. The molecule has 6 nitrogen and oxygen atoms in total. The Morgan fingerprint density at radius 3 is 2.15 bits per heavy atom. The number of hydrogen-bond acceptors (Lipinski definition) is 4. The van der Waals surface area contributed by atoms with Crippen molar-refractivity contribution in [3.63, 3.8) is 0 Å². The molecule has 0 saturated carbocycles. The van der Waals surface area contributed by atoms with E-state index in [1.165, 1.54) is 0 Å². The smallest absolute Gasteiger partial charge is 0.298 e. The lowest BCUT2D eigenvalue weighted by Gasteiger charge is -2.47. The van der Waals surface area contributed by atoms with Crippen molar-refractivity contribution in [2.75, 3.05) is 26.2 Å². The Kier molecular flexibility index (Phi) is 5.53. The van der Waals surface area contributed by atoms with Crippen LogP contribution in [0.2, 0.25) is 0 Å². The lowest BCUT2D eigenvalue weighted by Crippen LogP contribution is -3.25. The van der Waals surface area contributed by atoms with Crippen molar-refractivity contribution in [2.45, 2.75) is 57.3 Å². The maximum atomic E-state index is 10.4. The normalized spacial score (nSPS) is 31.8. The number of nitrogens with two attached hydrogens (primary N) is 1. The third kappa shape index (κ3) is 3.90.